The number of amides is 1. The number of carbonyl (C=O) groups is 1. The Hall–Kier alpha value is -3.44. The molecule has 32 heavy (non-hydrogen) atoms. The predicted octanol–water partition coefficient (Wildman–Crippen LogP) is 4.53. The summed E-state index contributed by atoms with van der Waals surface area (Å²) in [6.45, 7) is 5.12. The zero-order chi connectivity index (χ0) is 21.9. The summed E-state index contributed by atoms with van der Waals surface area (Å²) >= 11 is 0. The van der Waals surface area contributed by atoms with E-state index >= 15 is 0 Å². The van der Waals surface area contributed by atoms with Gasteiger partial charge >= 0.3 is 0 Å². The highest BCUT2D eigenvalue weighted by atomic mass is 16.2. The molecule has 5 nitrogen and oxygen atoms in total. The van der Waals surface area contributed by atoms with Crippen molar-refractivity contribution in [2.45, 2.75) is 19.0 Å². The van der Waals surface area contributed by atoms with E-state index in [0.29, 0.717) is 0 Å². The molecular formula is C27H28N4O. The van der Waals surface area contributed by atoms with Crippen molar-refractivity contribution in [3.63, 3.8) is 0 Å². The zero-order valence-electron chi connectivity index (χ0n) is 18.3. The van der Waals surface area contributed by atoms with Gasteiger partial charge in [-0.25, -0.2) is 4.98 Å². The van der Waals surface area contributed by atoms with Gasteiger partial charge in [0.25, 0.3) is 0 Å². The molecule has 1 amide bonds. The Morgan fingerprint density at radius 2 is 1.34 bits per heavy atom. The van der Waals surface area contributed by atoms with E-state index in [9.17, 15) is 4.79 Å². The SMILES string of the molecule is CC(C(=O)N1CCN(C(c2ccccc2)c2ccccc2)CC1)n1cnc2ccccc21. The largest absolute Gasteiger partial charge is 0.338 e. The van der Waals surface area contributed by atoms with Crippen molar-refractivity contribution in [1.29, 1.82) is 0 Å². The number of carbonyl (C=O) groups excluding carboxylic acids is 1. The third-order valence-corrected chi connectivity index (χ3v) is 6.48. The lowest BCUT2D eigenvalue weighted by molar-refractivity contribution is -0.136. The molecule has 5 rings (SSSR count). The molecule has 0 aliphatic carbocycles. The molecule has 0 radical (unpaired) electrons. The fraction of sp³-hybridized carbons (Fsp3) is 0.259. The lowest BCUT2D eigenvalue weighted by atomic mass is 9.96. The van der Waals surface area contributed by atoms with E-state index in [2.05, 4.69) is 70.5 Å². The molecule has 1 atom stereocenters. The number of nitrogens with zero attached hydrogens (tertiary/aromatic N) is 4. The first-order valence-electron chi connectivity index (χ1n) is 11.3. The molecule has 1 saturated heterocycles. The minimum absolute atomic E-state index is 0.156. The van der Waals surface area contributed by atoms with Gasteiger partial charge in [0.05, 0.1) is 23.4 Å². The molecule has 5 heteroatoms. The van der Waals surface area contributed by atoms with Crippen LogP contribution in [0.2, 0.25) is 0 Å². The molecule has 2 heterocycles. The maximum absolute atomic E-state index is 13.3. The fourth-order valence-corrected chi connectivity index (χ4v) is 4.76. The van der Waals surface area contributed by atoms with Crippen molar-refractivity contribution in [2.75, 3.05) is 26.2 Å². The lowest BCUT2D eigenvalue weighted by Gasteiger charge is -2.40. The van der Waals surface area contributed by atoms with E-state index in [1.165, 1.54) is 11.1 Å². The summed E-state index contributed by atoms with van der Waals surface area (Å²) in [7, 11) is 0. The lowest BCUT2D eigenvalue weighted by Crippen LogP contribution is -2.51. The van der Waals surface area contributed by atoms with E-state index in [0.717, 1.165) is 37.2 Å². The Bertz CT molecular complexity index is 1140. The van der Waals surface area contributed by atoms with Crippen molar-refractivity contribution >= 4 is 16.9 Å². The molecule has 4 aromatic rings. The van der Waals surface area contributed by atoms with E-state index in [1.807, 2.05) is 40.7 Å². The Kier molecular flexibility index (Phi) is 5.73. The summed E-state index contributed by atoms with van der Waals surface area (Å²) < 4.78 is 1.99. The first-order valence-corrected chi connectivity index (χ1v) is 11.3. The average Bonchev–Trinajstić information content (AvgIpc) is 3.29. The van der Waals surface area contributed by atoms with Gasteiger partial charge in [-0.15, -0.1) is 0 Å². The number of hydrogen-bond acceptors (Lipinski definition) is 3. The summed E-state index contributed by atoms with van der Waals surface area (Å²) in [5.74, 6) is 0.156. The molecular weight excluding hydrogens is 396 g/mol. The predicted molar refractivity (Wildman–Crippen MR) is 127 cm³/mol. The molecule has 0 saturated carbocycles. The smallest absolute Gasteiger partial charge is 0.245 e. The number of piperazine rings is 1. The standard InChI is InChI=1S/C27H28N4O/c1-21(31-20-28-24-14-8-9-15-25(24)31)27(32)30-18-16-29(17-19-30)26(22-10-4-2-5-11-22)23-12-6-3-7-13-23/h2-15,20-21,26H,16-19H2,1H3. The third-order valence-electron chi connectivity index (χ3n) is 6.48. The second-order valence-electron chi connectivity index (χ2n) is 8.40. The number of rotatable bonds is 5. The number of imidazole rings is 1. The number of fused-ring (bicyclic) bond motifs is 1. The highest BCUT2D eigenvalue weighted by Crippen LogP contribution is 2.30. The number of benzene rings is 3. The minimum atomic E-state index is -0.270. The molecule has 1 unspecified atom stereocenters. The Balaban J connectivity index is 1.32. The minimum Gasteiger partial charge on any atom is -0.338 e. The van der Waals surface area contributed by atoms with Crippen LogP contribution in [0, 0.1) is 0 Å². The topological polar surface area (TPSA) is 41.4 Å². The number of hydrogen-bond donors (Lipinski definition) is 0. The summed E-state index contributed by atoms with van der Waals surface area (Å²) in [5, 5.41) is 0. The van der Waals surface area contributed by atoms with E-state index in [-0.39, 0.29) is 18.0 Å². The van der Waals surface area contributed by atoms with E-state index < -0.39 is 0 Å². The van der Waals surface area contributed by atoms with Gasteiger partial charge in [0.15, 0.2) is 0 Å². The number of para-hydroxylation sites is 2. The summed E-state index contributed by atoms with van der Waals surface area (Å²) in [5.41, 5.74) is 4.50. The van der Waals surface area contributed by atoms with E-state index in [4.69, 9.17) is 0 Å². The highest BCUT2D eigenvalue weighted by Gasteiger charge is 2.30. The van der Waals surface area contributed by atoms with Gasteiger partial charge in [-0.1, -0.05) is 72.8 Å². The van der Waals surface area contributed by atoms with Crippen molar-refractivity contribution in [1.82, 2.24) is 19.4 Å². The molecule has 1 fully saturated rings. The van der Waals surface area contributed by atoms with Crippen LogP contribution in [-0.2, 0) is 4.79 Å². The monoisotopic (exact) mass is 424 g/mol. The van der Waals surface area contributed by atoms with Gasteiger partial charge < -0.3 is 9.47 Å². The Morgan fingerprint density at radius 1 is 0.781 bits per heavy atom. The van der Waals surface area contributed by atoms with Crippen LogP contribution < -0.4 is 0 Å². The second kappa shape index (κ2) is 8.97. The first kappa shape index (κ1) is 20.5. The van der Waals surface area contributed by atoms with Crippen molar-refractivity contribution in [3.05, 3.63) is 102 Å². The molecule has 0 bridgehead atoms. The van der Waals surface area contributed by atoms with Crippen LogP contribution in [0.1, 0.15) is 30.1 Å². The van der Waals surface area contributed by atoms with Crippen LogP contribution in [0.15, 0.2) is 91.3 Å². The zero-order valence-corrected chi connectivity index (χ0v) is 18.3. The summed E-state index contributed by atoms with van der Waals surface area (Å²) in [4.78, 5) is 22.3. The molecule has 1 aliphatic rings. The van der Waals surface area contributed by atoms with Gasteiger partial charge in [-0.05, 0) is 30.2 Å². The third kappa shape index (κ3) is 3.92. The summed E-state index contributed by atoms with van der Waals surface area (Å²) in [6.07, 6.45) is 1.78. The van der Waals surface area contributed by atoms with Crippen LogP contribution in [-0.4, -0.2) is 51.4 Å². The van der Waals surface area contributed by atoms with Crippen LogP contribution in [0.25, 0.3) is 11.0 Å². The quantitative estimate of drug-likeness (QED) is 0.473. The van der Waals surface area contributed by atoms with Crippen molar-refractivity contribution in [3.8, 4) is 0 Å². The van der Waals surface area contributed by atoms with Gasteiger partial charge in [-0.2, -0.15) is 0 Å². The maximum Gasteiger partial charge on any atom is 0.245 e. The normalized spacial score (nSPS) is 15.9. The van der Waals surface area contributed by atoms with Crippen LogP contribution in [0.4, 0.5) is 0 Å². The Labute approximate surface area is 188 Å². The first-order chi connectivity index (χ1) is 15.7. The average molecular weight is 425 g/mol. The maximum atomic E-state index is 13.3. The molecule has 0 spiro atoms. The fourth-order valence-electron chi connectivity index (χ4n) is 4.76. The molecule has 1 aromatic heterocycles. The molecule has 0 N–H and O–H groups in total. The van der Waals surface area contributed by atoms with E-state index in [1.54, 1.807) is 6.33 Å². The molecule has 1 aliphatic heterocycles. The molecule has 162 valence electrons. The van der Waals surface area contributed by atoms with Gasteiger partial charge in [0.2, 0.25) is 5.91 Å². The second-order valence-corrected chi connectivity index (χ2v) is 8.40. The Morgan fingerprint density at radius 3 is 1.97 bits per heavy atom. The van der Waals surface area contributed by atoms with Gasteiger partial charge in [0, 0.05) is 26.2 Å². The summed E-state index contributed by atoms with van der Waals surface area (Å²) in [6, 6.07) is 29.2. The van der Waals surface area contributed by atoms with Crippen molar-refractivity contribution < 1.29 is 4.79 Å². The highest BCUT2D eigenvalue weighted by molar-refractivity contribution is 5.83. The number of aromatic nitrogens is 2. The van der Waals surface area contributed by atoms with Crippen LogP contribution in [0.5, 0.6) is 0 Å². The van der Waals surface area contributed by atoms with Gasteiger partial charge in [-0.3, -0.25) is 9.69 Å². The molecule has 3 aromatic carbocycles. The van der Waals surface area contributed by atoms with Crippen LogP contribution >= 0.6 is 0 Å². The van der Waals surface area contributed by atoms with Crippen molar-refractivity contribution in [2.24, 2.45) is 0 Å². The van der Waals surface area contributed by atoms with Gasteiger partial charge in [0.1, 0.15) is 6.04 Å². The van der Waals surface area contributed by atoms with Crippen LogP contribution in [0.3, 0.4) is 0 Å².